The van der Waals surface area contributed by atoms with Crippen molar-refractivity contribution in [1.82, 2.24) is 0 Å². The average molecular weight is 495 g/mol. The van der Waals surface area contributed by atoms with Crippen LogP contribution in [0.1, 0.15) is 163 Å². The first kappa shape index (κ1) is 33.7. The summed E-state index contributed by atoms with van der Waals surface area (Å²) in [6.07, 6.45) is 28.0. The zero-order valence-electron chi connectivity index (χ0n) is 24.0. The molecule has 0 N–H and O–H groups in total. The zero-order chi connectivity index (χ0) is 25.0. The van der Waals surface area contributed by atoms with Crippen LogP contribution >= 0.6 is 0 Å². The van der Waals surface area contributed by atoms with Gasteiger partial charge in [0.05, 0.1) is 0 Å². The molecule has 0 aromatic heterocycles. The summed E-state index contributed by atoms with van der Waals surface area (Å²) in [7, 11) is -1.96. The minimum atomic E-state index is -1.96. The van der Waals surface area contributed by atoms with E-state index in [2.05, 4.69) is 39.5 Å². The predicted octanol–water partition coefficient (Wildman–Crippen LogP) is 10.7. The van der Waals surface area contributed by atoms with Crippen molar-refractivity contribution in [2.24, 2.45) is 0 Å². The maximum absolute atomic E-state index is 6.42. The van der Waals surface area contributed by atoms with Crippen molar-refractivity contribution in [3.8, 4) is 11.8 Å². The molecule has 34 heavy (non-hydrogen) atoms. The van der Waals surface area contributed by atoms with E-state index in [1.807, 2.05) is 0 Å². The summed E-state index contributed by atoms with van der Waals surface area (Å²) >= 11 is 0. The molecule has 0 spiro atoms. The lowest BCUT2D eigenvalue weighted by atomic mass is 10.0. The number of hydrogen-bond donors (Lipinski definition) is 0. The second-order valence-electron chi connectivity index (χ2n) is 10.1. The summed E-state index contributed by atoms with van der Waals surface area (Å²) < 4.78 is 12.8. The Labute approximate surface area is 217 Å². The van der Waals surface area contributed by atoms with E-state index in [1.54, 1.807) is 0 Å². The van der Waals surface area contributed by atoms with E-state index in [0.29, 0.717) is 0 Å². The molecule has 3 heteroatoms. The average Bonchev–Trinajstić information content (AvgIpc) is 2.86. The Hall–Kier alpha value is -0.303. The Bertz CT molecular complexity index is 450. The third kappa shape index (κ3) is 22.2. The minimum Gasteiger partial charge on any atom is -0.394 e. The molecule has 0 atom stereocenters. The van der Waals surface area contributed by atoms with Gasteiger partial charge in [-0.3, -0.25) is 0 Å². The van der Waals surface area contributed by atoms with Crippen molar-refractivity contribution in [1.29, 1.82) is 0 Å². The molecule has 0 bridgehead atoms. The van der Waals surface area contributed by atoms with Gasteiger partial charge in [-0.05, 0) is 31.4 Å². The summed E-state index contributed by atoms with van der Waals surface area (Å²) in [5, 5.41) is 0. The van der Waals surface area contributed by atoms with Gasteiger partial charge >= 0.3 is 8.56 Å². The van der Waals surface area contributed by atoms with Gasteiger partial charge in [-0.15, -0.1) is 11.8 Å². The van der Waals surface area contributed by atoms with Gasteiger partial charge in [-0.2, -0.15) is 0 Å². The highest BCUT2D eigenvalue weighted by Gasteiger charge is 2.33. The van der Waals surface area contributed by atoms with Gasteiger partial charge in [-0.25, -0.2) is 0 Å². The van der Waals surface area contributed by atoms with Gasteiger partial charge in [-0.1, -0.05) is 130 Å². The van der Waals surface area contributed by atoms with E-state index < -0.39 is 8.56 Å². The van der Waals surface area contributed by atoms with Crippen molar-refractivity contribution in [3.05, 3.63) is 0 Å². The quantitative estimate of drug-likeness (QED) is 0.0676. The number of hydrogen-bond acceptors (Lipinski definition) is 2. The molecule has 0 aromatic carbocycles. The highest BCUT2D eigenvalue weighted by atomic mass is 28.4. The third-order valence-electron chi connectivity index (χ3n) is 7.05. The maximum Gasteiger partial charge on any atom is 0.337 e. The lowest BCUT2D eigenvalue weighted by molar-refractivity contribution is 0.163. The lowest BCUT2D eigenvalue weighted by Gasteiger charge is -2.29. The smallest absolute Gasteiger partial charge is 0.337 e. The highest BCUT2D eigenvalue weighted by Crippen LogP contribution is 2.21. The maximum atomic E-state index is 6.42. The molecule has 0 heterocycles. The molecule has 0 radical (unpaired) electrons. The molecule has 0 saturated heterocycles. The van der Waals surface area contributed by atoms with Crippen molar-refractivity contribution >= 4 is 8.56 Å². The van der Waals surface area contributed by atoms with E-state index in [1.165, 1.54) is 122 Å². The van der Waals surface area contributed by atoms with Gasteiger partial charge < -0.3 is 8.85 Å². The molecule has 2 nitrogen and oxygen atoms in total. The molecule has 0 aliphatic rings. The topological polar surface area (TPSA) is 18.5 Å². The van der Waals surface area contributed by atoms with Crippen LogP contribution in [0.15, 0.2) is 0 Å². The van der Waals surface area contributed by atoms with E-state index in [4.69, 9.17) is 8.85 Å². The van der Waals surface area contributed by atoms with Gasteiger partial charge in [0, 0.05) is 26.1 Å². The Morgan fingerprint density at radius 1 is 0.441 bits per heavy atom. The van der Waals surface area contributed by atoms with Crippen LogP contribution in [0.5, 0.6) is 0 Å². The highest BCUT2D eigenvalue weighted by molar-refractivity contribution is 6.67. The van der Waals surface area contributed by atoms with Crippen LogP contribution in [-0.4, -0.2) is 21.8 Å². The number of unbranched alkanes of at least 4 members (excludes halogenated alkanes) is 18. The van der Waals surface area contributed by atoms with Crippen molar-refractivity contribution in [2.45, 2.75) is 175 Å². The fraction of sp³-hybridized carbons (Fsp3) is 0.935. The van der Waals surface area contributed by atoms with Crippen LogP contribution in [0.3, 0.4) is 0 Å². The van der Waals surface area contributed by atoms with E-state index >= 15 is 0 Å². The molecule has 0 aromatic rings. The summed E-state index contributed by atoms with van der Waals surface area (Å²) in [6, 6.07) is 2.17. The van der Waals surface area contributed by atoms with Crippen LogP contribution in [0.4, 0.5) is 0 Å². The molecule has 0 saturated carbocycles. The molecule has 0 fully saturated rings. The first-order valence-electron chi connectivity index (χ1n) is 15.5. The second-order valence-corrected chi connectivity index (χ2v) is 13.9. The summed E-state index contributed by atoms with van der Waals surface area (Å²) in [5.74, 6) is 6.40. The summed E-state index contributed by atoms with van der Waals surface area (Å²) in [6.45, 7) is 10.8. The molecule has 0 aliphatic carbocycles. The Morgan fingerprint density at radius 2 is 0.824 bits per heavy atom. The lowest BCUT2D eigenvalue weighted by Crippen LogP contribution is -2.41. The molecule has 0 rings (SSSR count). The van der Waals surface area contributed by atoms with E-state index in [0.717, 1.165) is 38.1 Å². The van der Waals surface area contributed by atoms with Gasteiger partial charge in [0.2, 0.25) is 0 Å². The summed E-state index contributed by atoms with van der Waals surface area (Å²) in [5.41, 5.74) is 0. The number of rotatable bonds is 26. The van der Waals surface area contributed by atoms with Crippen LogP contribution in [0.2, 0.25) is 12.1 Å². The molecule has 202 valence electrons. The molecule has 0 unspecified atom stereocenters. The van der Waals surface area contributed by atoms with Crippen LogP contribution in [0.25, 0.3) is 0 Å². The SMILES string of the molecule is CCC#CCCCCCCCCO[Si](CC)(CC)OCCCCCCCCCCCCCCC. The Kier molecular flexibility index (Phi) is 27.0. The van der Waals surface area contributed by atoms with Crippen molar-refractivity contribution in [2.75, 3.05) is 13.2 Å². The van der Waals surface area contributed by atoms with Crippen molar-refractivity contribution < 1.29 is 8.85 Å². The van der Waals surface area contributed by atoms with Gasteiger partial charge in [0.15, 0.2) is 0 Å². The monoisotopic (exact) mass is 494 g/mol. The van der Waals surface area contributed by atoms with Crippen LogP contribution < -0.4 is 0 Å². The van der Waals surface area contributed by atoms with Crippen molar-refractivity contribution in [3.63, 3.8) is 0 Å². The van der Waals surface area contributed by atoms with Gasteiger partial charge in [0.1, 0.15) is 0 Å². The Morgan fingerprint density at radius 3 is 1.21 bits per heavy atom. The van der Waals surface area contributed by atoms with E-state index in [-0.39, 0.29) is 0 Å². The minimum absolute atomic E-state index is 0.897. The second kappa shape index (κ2) is 27.3. The largest absolute Gasteiger partial charge is 0.394 e. The predicted molar refractivity (Wildman–Crippen MR) is 155 cm³/mol. The molecule has 0 amide bonds. The van der Waals surface area contributed by atoms with E-state index in [9.17, 15) is 0 Å². The zero-order valence-corrected chi connectivity index (χ0v) is 25.0. The Balaban J connectivity index is 3.59. The molecule has 0 aliphatic heterocycles. The third-order valence-corrected chi connectivity index (χ3v) is 10.7. The van der Waals surface area contributed by atoms with Gasteiger partial charge in [0.25, 0.3) is 0 Å². The van der Waals surface area contributed by atoms with Crippen LogP contribution in [-0.2, 0) is 8.85 Å². The normalized spacial score (nSPS) is 11.5. The standard InChI is InChI=1S/C31H62O2Si/c1-5-9-11-13-15-17-19-20-21-23-25-27-29-31-33-34(7-3,8-4)32-30-28-26-24-22-18-16-14-12-10-6-2/h5-9,11,13-31H2,1-4H3. The fourth-order valence-corrected chi connectivity index (χ4v) is 7.00. The molecular weight excluding hydrogens is 432 g/mol. The summed E-state index contributed by atoms with van der Waals surface area (Å²) in [4.78, 5) is 0. The van der Waals surface area contributed by atoms with Crippen LogP contribution in [0, 0.1) is 11.8 Å². The fourth-order valence-electron chi connectivity index (χ4n) is 4.57. The first-order chi connectivity index (χ1) is 16.7. The molecular formula is C31H62O2Si. The first-order valence-corrected chi connectivity index (χ1v) is 17.7.